The number of piperidine rings is 1. The molecule has 1 N–H and O–H groups in total. The molecule has 24 heavy (non-hydrogen) atoms. The van der Waals surface area contributed by atoms with Gasteiger partial charge in [-0.2, -0.15) is 0 Å². The number of carboxylic acid groups (broad SMARTS) is 1. The zero-order valence-electron chi connectivity index (χ0n) is 14.1. The highest BCUT2D eigenvalue weighted by Gasteiger charge is 2.21. The van der Waals surface area contributed by atoms with E-state index in [0.717, 1.165) is 55.8 Å². The molecule has 0 bridgehead atoms. The SMILES string of the molecule is Cc1cccc(CCN2CCC[C@H](c3cccc(C(=O)O)c3)C2)n1. The van der Waals surface area contributed by atoms with Gasteiger partial charge in [0.1, 0.15) is 0 Å². The molecule has 1 saturated heterocycles. The number of hydrogen-bond acceptors (Lipinski definition) is 3. The minimum atomic E-state index is -0.852. The summed E-state index contributed by atoms with van der Waals surface area (Å²) < 4.78 is 0. The maximum absolute atomic E-state index is 11.2. The molecule has 0 spiro atoms. The van der Waals surface area contributed by atoms with E-state index in [1.807, 2.05) is 25.1 Å². The first-order valence-electron chi connectivity index (χ1n) is 8.60. The molecule has 0 amide bonds. The highest BCUT2D eigenvalue weighted by Crippen LogP contribution is 2.27. The molecule has 126 valence electrons. The van der Waals surface area contributed by atoms with Crippen LogP contribution in [0.5, 0.6) is 0 Å². The Morgan fingerprint density at radius 1 is 1.29 bits per heavy atom. The number of aromatic carboxylic acids is 1. The average molecular weight is 324 g/mol. The van der Waals surface area contributed by atoms with Gasteiger partial charge in [0, 0.05) is 30.9 Å². The highest BCUT2D eigenvalue weighted by molar-refractivity contribution is 5.87. The van der Waals surface area contributed by atoms with Gasteiger partial charge >= 0.3 is 5.97 Å². The topological polar surface area (TPSA) is 53.4 Å². The summed E-state index contributed by atoms with van der Waals surface area (Å²) in [6.07, 6.45) is 3.25. The molecule has 1 fully saturated rings. The Labute approximate surface area is 143 Å². The molecule has 1 atom stereocenters. The maximum Gasteiger partial charge on any atom is 0.335 e. The van der Waals surface area contributed by atoms with Gasteiger partial charge in [-0.15, -0.1) is 0 Å². The van der Waals surface area contributed by atoms with Gasteiger partial charge in [-0.05, 0) is 62.1 Å². The Morgan fingerprint density at radius 2 is 2.12 bits per heavy atom. The highest BCUT2D eigenvalue weighted by atomic mass is 16.4. The molecule has 0 unspecified atom stereocenters. The molecule has 3 rings (SSSR count). The second-order valence-electron chi connectivity index (χ2n) is 6.59. The molecule has 1 aromatic carbocycles. The lowest BCUT2D eigenvalue weighted by Crippen LogP contribution is -2.36. The standard InChI is InChI=1S/C20H24N2O2/c1-15-5-2-9-19(21-15)10-12-22-11-4-8-18(14-22)16-6-3-7-17(13-16)20(23)24/h2-3,5-7,9,13,18H,4,8,10-12,14H2,1H3,(H,23,24)/t18-/m0/s1. The molecule has 4 nitrogen and oxygen atoms in total. The molecule has 1 aliphatic heterocycles. The summed E-state index contributed by atoms with van der Waals surface area (Å²) in [5, 5.41) is 9.17. The van der Waals surface area contributed by atoms with Crippen molar-refractivity contribution < 1.29 is 9.90 Å². The van der Waals surface area contributed by atoms with Crippen molar-refractivity contribution in [3.63, 3.8) is 0 Å². The van der Waals surface area contributed by atoms with E-state index in [4.69, 9.17) is 0 Å². The average Bonchev–Trinajstić information content (AvgIpc) is 2.60. The number of nitrogens with zero attached hydrogens (tertiary/aromatic N) is 2. The zero-order chi connectivity index (χ0) is 16.9. The monoisotopic (exact) mass is 324 g/mol. The zero-order valence-corrected chi connectivity index (χ0v) is 14.1. The van der Waals surface area contributed by atoms with Gasteiger partial charge in [-0.1, -0.05) is 18.2 Å². The van der Waals surface area contributed by atoms with Crippen molar-refractivity contribution in [2.45, 2.75) is 32.1 Å². The van der Waals surface area contributed by atoms with Crippen molar-refractivity contribution >= 4 is 5.97 Å². The quantitative estimate of drug-likeness (QED) is 0.914. The van der Waals surface area contributed by atoms with Crippen LogP contribution in [0.3, 0.4) is 0 Å². The van der Waals surface area contributed by atoms with Crippen LogP contribution in [0, 0.1) is 6.92 Å². The summed E-state index contributed by atoms with van der Waals surface area (Å²) in [5.41, 5.74) is 3.74. The normalized spacial score (nSPS) is 18.5. The van der Waals surface area contributed by atoms with Gasteiger partial charge in [0.15, 0.2) is 0 Å². The number of aryl methyl sites for hydroxylation is 1. The van der Waals surface area contributed by atoms with E-state index in [-0.39, 0.29) is 0 Å². The Morgan fingerprint density at radius 3 is 2.92 bits per heavy atom. The number of aromatic nitrogens is 1. The minimum absolute atomic E-state index is 0.383. The first kappa shape index (κ1) is 16.7. The van der Waals surface area contributed by atoms with E-state index in [1.54, 1.807) is 6.07 Å². The fraction of sp³-hybridized carbons (Fsp3) is 0.400. The van der Waals surface area contributed by atoms with Crippen LogP contribution in [0.25, 0.3) is 0 Å². The van der Waals surface area contributed by atoms with E-state index in [2.05, 4.69) is 28.1 Å². The largest absolute Gasteiger partial charge is 0.478 e. The predicted molar refractivity (Wildman–Crippen MR) is 94.5 cm³/mol. The summed E-state index contributed by atoms with van der Waals surface area (Å²) in [4.78, 5) is 18.2. The number of hydrogen-bond donors (Lipinski definition) is 1. The number of carbonyl (C=O) groups is 1. The van der Waals surface area contributed by atoms with Crippen LogP contribution in [0.1, 0.15) is 46.1 Å². The van der Waals surface area contributed by atoms with Crippen LogP contribution < -0.4 is 0 Å². The van der Waals surface area contributed by atoms with Crippen LogP contribution in [0.15, 0.2) is 42.5 Å². The van der Waals surface area contributed by atoms with Crippen molar-refractivity contribution in [3.05, 3.63) is 65.0 Å². The Bertz CT molecular complexity index is 714. The lowest BCUT2D eigenvalue weighted by atomic mass is 9.89. The Balaban J connectivity index is 1.62. The molecule has 0 radical (unpaired) electrons. The lowest BCUT2D eigenvalue weighted by Gasteiger charge is -2.33. The smallest absolute Gasteiger partial charge is 0.335 e. The summed E-state index contributed by atoms with van der Waals surface area (Å²) in [5.74, 6) is -0.432. The van der Waals surface area contributed by atoms with Crippen LogP contribution in [-0.2, 0) is 6.42 Å². The van der Waals surface area contributed by atoms with Crippen molar-refractivity contribution in [1.29, 1.82) is 0 Å². The van der Waals surface area contributed by atoms with E-state index >= 15 is 0 Å². The molecular formula is C20H24N2O2. The lowest BCUT2D eigenvalue weighted by molar-refractivity contribution is 0.0696. The van der Waals surface area contributed by atoms with Crippen molar-refractivity contribution in [1.82, 2.24) is 9.88 Å². The summed E-state index contributed by atoms with van der Waals surface area (Å²) in [7, 11) is 0. The fourth-order valence-electron chi connectivity index (χ4n) is 3.47. The molecule has 4 heteroatoms. The van der Waals surface area contributed by atoms with E-state index in [9.17, 15) is 9.90 Å². The second kappa shape index (κ2) is 7.58. The van der Waals surface area contributed by atoms with E-state index in [0.29, 0.717) is 11.5 Å². The number of likely N-dealkylation sites (tertiary alicyclic amines) is 1. The first-order valence-corrected chi connectivity index (χ1v) is 8.60. The van der Waals surface area contributed by atoms with E-state index in [1.165, 1.54) is 0 Å². The minimum Gasteiger partial charge on any atom is -0.478 e. The third-order valence-corrected chi connectivity index (χ3v) is 4.74. The van der Waals surface area contributed by atoms with E-state index < -0.39 is 5.97 Å². The molecule has 1 aliphatic rings. The Hall–Kier alpha value is -2.20. The van der Waals surface area contributed by atoms with Crippen LogP contribution >= 0.6 is 0 Å². The predicted octanol–water partition coefficient (Wildman–Crippen LogP) is 3.51. The van der Waals surface area contributed by atoms with Crippen molar-refractivity contribution in [2.75, 3.05) is 19.6 Å². The number of benzene rings is 1. The van der Waals surface area contributed by atoms with Gasteiger partial charge in [0.25, 0.3) is 0 Å². The van der Waals surface area contributed by atoms with Gasteiger partial charge < -0.3 is 10.0 Å². The second-order valence-corrected chi connectivity index (χ2v) is 6.59. The third-order valence-electron chi connectivity index (χ3n) is 4.74. The molecule has 2 heterocycles. The van der Waals surface area contributed by atoms with Gasteiger partial charge in [0.2, 0.25) is 0 Å². The third kappa shape index (κ3) is 4.20. The molecular weight excluding hydrogens is 300 g/mol. The van der Waals surface area contributed by atoms with Crippen LogP contribution in [-0.4, -0.2) is 40.6 Å². The van der Waals surface area contributed by atoms with Gasteiger partial charge in [-0.3, -0.25) is 4.98 Å². The maximum atomic E-state index is 11.2. The van der Waals surface area contributed by atoms with Crippen LogP contribution in [0.2, 0.25) is 0 Å². The van der Waals surface area contributed by atoms with Crippen LogP contribution in [0.4, 0.5) is 0 Å². The number of rotatable bonds is 5. The number of carboxylic acids is 1. The molecule has 0 aliphatic carbocycles. The van der Waals surface area contributed by atoms with Crippen molar-refractivity contribution in [2.24, 2.45) is 0 Å². The van der Waals surface area contributed by atoms with Gasteiger partial charge in [-0.25, -0.2) is 4.79 Å². The summed E-state index contributed by atoms with van der Waals surface area (Å²) in [6, 6.07) is 13.6. The summed E-state index contributed by atoms with van der Waals surface area (Å²) in [6.45, 7) is 5.14. The molecule has 0 saturated carbocycles. The fourth-order valence-corrected chi connectivity index (χ4v) is 3.47. The number of pyridine rings is 1. The van der Waals surface area contributed by atoms with Gasteiger partial charge in [0.05, 0.1) is 5.56 Å². The Kier molecular flexibility index (Phi) is 5.26. The molecule has 2 aromatic rings. The summed E-state index contributed by atoms with van der Waals surface area (Å²) >= 11 is 0. The van der Waals surface area contributed by atoms with Crippen molar-refractivity contribution in [3.8, 4) is 0 Å². The first-order chi connectivity index (χ1) is 11.6. The molecule has 1 aromatic heterocycles.